The van der Waals surface area contributed by atoms with Crippen LogP contribution in [0.25, 0.3) is 10.9 Å². The Bertz CT molecular complexity index is 1080. The first kappa shape index (κ1) is 20.6. The number of fused-ring (bicyclic) bond motifs is 1. The van der Waals surface area contributed by atoms with Gasteiger partial charge in [0.1, 0.15) is 6.04 Å². The van der Waals surface area contributed by atoms with Crippen LogP contribution in [-0.2, 0) is 22.4 Å². The quantitative estimate of drug-likeness (QED) is 0.462. The lowest BCUT2D eigenvalue weighted by Gasteiger charge is -2.12. The van der Waals surface area contributed by atoms with Gasteiger partial charge in [-0.3, -0.25) is 19.5 Å². The van der Waals surface area contributed by atoms with Crippen LogP contribution in [0, 0.1) is 0 Å². The molecule has 0 bridgehead atoms. The highest BCUT2D eigenvalue weighted by Gasteiger charge is 2.37. The highest BCUT2D eigenvalue weighted by molar-refractivity contribution is 6.04. The maximum absolute atomic E-state index is 12.6. The lowest BCUT2D eigenvalue weighted by molar-refractivity contribution is -0.127. The van der Waals surface area contributed by atoms with Crippen molar-refractivity contribution in [2.24, 2.45) is 0 Å². The van der Waals surface area contributed by atoms with E-state index in [4.69, 9.17) is 0 Å². The molecule has 0 radical (unpaired) electrons. The molecular weight excluding hydrogens is 394 g/mol. The molecule has 1 atom stereocenters. The summed E-state index contributed by atoms with van der Waals surface area (Å²) in [4.78, 5) is 45.4. The molecule has 1 aliphatic rings. The summed E-state index contributed by atoms with van der Waals surface area (Å²) in [6.45, 7) is 0.825. The van der Waals surface area contributed by atoms with Crippen molar-refractivity contribution in [3.05, 3.63) is 66.1 Å². The normalized spacial score (nSPS) is 16.0. The minimum Gasteiger partial charge on any atom is -0.361 e. The van der Waals surface area contributed by atoms with Crippen LogP contribution in [0.4, 0.5) is 4.79 Å². The Hall–Kier alpha value is -3.68. The summed E-state index contributed by atoms with van der Waals surface area (Å²) >= 11 is 0. The zero-order valence-electron chi connectivity index (χ0n) is 17.1. The van der Waals surface area contributed by atoms with E-state index in [0.29, 0.717) is 19.5 Å². The maximum Gasteiger partial charge on any atom is 0.324 e. The smallest absolute Gasteiger partial charge is 0.324 e. The average Bonchev–Trinajstić information content (AvgIpc) is 3.32. The van der Waals surface area contributed by atoms with E-state index < -0.39 is 12.1 Å². The first-order valence-corrected chi connectivity index (χ1v) is 10.4. The Kier molecular flexibility index (Phi) is 6.26. The molecule has 1 aromatic carbocycles. The number of urea groups is 1. The fourth-order valence-corrected chi connectivity index (χ4v) is 3.81. The third-order valence-electron chi connectivity index (χ3n) is 5.53. The van der Waals surface area contributed by atoms with Gasteiger partial charge in [-0.2, -0.15) is 0 Å². The molecule has 4 rings (SSSR count). The molecule has 3 aromatic rings. The summed E-state index contributed by atoms with van der Waals surface area (Å²) in [5, 5.41) is 6.65. The molecule has 160 valence electrons. The number of nitrogens with one attached hydrogen (secondary N) is 3. The van der Waals surface area contributed by atoms with Crippen molar-refractivity contribution in [2.75, 3.05) is 13.1 Å². The monoisotopic (exact) mass is 419 g/mol. The standard InChI is InChI=1S/C23H25N5O3/c29-21(25-13-9-16-7-11-24-12-8-16)6-5-20-22(30)28(23(31)27-20)14-10-17-15-26-19-4-2-1-3-18(17)19/h1-4,7-8,11-12,15,20,26H,5-6,9-10,13-14H2,(H,25,29)(H,27,31)/t20-/m0/s1. The Balaban J connectivity index is 1.23. The van der Waals surface area contributed by atoms with Gasteiger partial charge in [0.05, 0.1) is 0 Å². The van der Waals surface area contributed by atoms with Gasteiger partial charge in [0.2, 0.25) is 5.91 Å². The number of H-pyrrole nitrogens is 1. The van der Waals surface area contributed by atoms with Crippen LogP contribution in [0.15, 0.2) is 55.0 Å². The fraction of sp³-hybridized carbons (Fsp3) is 0.304. The van der Waals surface area contributed by atoms with Crippen molar-refractivity contribution in [2.45, 2.75) is 31.7 Å². The molecule has 2 aromatic heterocycles. The number of pyridine rings is 1. The first-order chi connectivity index (χ1) is 15.1. The van der Waals surface area contributed by atoms with E-state index in [0.717, 1.165) is 28.5 Å². The summed E-state index contributed by atoms with van der Waals surface area (Å²) < 4.78 is 0. The van der Waals surface area contributed by atoms with E-state index in [2.05, 4.69) is 20.6 Å². The SMILES string of the molecule is O=C(CC[C@@H]1NC(=O)N(CCc2c[nH]c3ccccc23)C1=O)NCCc1ccncc1. The highest BCUT2D eigenvalue weighted by Crippen LogP contribution is 2.19. The van der Waals surface area contributed by atoms with Crippen LogP contribution < -0.4 is 10.6 Å². The predicted octanol–water partition coefficient (Wildman–Crippen LogP) is 2.16. The number of hydrogen-bond donors (Lipinski definition) is 3. The van der Waals surface area contributed by atoms with Crippen LogP contribution in [0.3, 0.4) is 0 Å². The van der Waals surface area contributed by atoms with E-state index in [9.17, 15) is 14.4 Å². The van der Waals surface area contributed by atoms with E-state index in [1.807, 2.05) is 42.6 Å². The molecule has 3 heterocycles. The third kappa shape index (κ3) is 4.91. The highest BCUT2D eigenvalue weighted by atomic mass is 16.2. The van der Waals surface area contributed by atoms with Gasteiger partial charge >= 0.3 is 6.03 Å². The van der Waals surface area contributed by atoms with Crippen molar-refractivity contribution >= 4 is 28.7 Å². The second kappa shape index (κ2) is 9.42. The van der Waals surface area contributed by atoms with Gasteiger partial charge in [0.15, 0.2) is 0 Å². The molecule has 8 heteroatoms. The number of carbonyl (C=O) groups excluding carboxylic acids is 3. The van der Waals surface area contributed by atoms with Crippen LogP contribution in [-0.4, -0.2) is 51.8 Å². The summed E-state index contributed by atoms with van der Waals surface area (Å²) in [5.41, 5.74) is 3.19. The lowest BCUT2D eigenvalue weighted by Crippen LogP contribution is -2.34. The van der Waals surface area contributed by atoms with Gasteiger partial charge in [-0.1, -0.05) is 18.2 Å². The van der Waals surface area contributed by atoms with Crippen molar-refractivity contribution in [1.82, 2.24) is 25.5 Å². The van der Waals surface area contributed by atoms with Gasteiger partial charge in [0.25, 0.3) is 5.91 Å². The molecule has 0 saturated carbocycles. The van der Waals surface area contributed by atoms with Gasteiger partial charge in [0, 0.05) is 49.0 Å². The minimum absolute atomic E-state index is 0.131. The lowest BCUT2D eigenvalue weighted by atomic mass is 10.1. The fourth-order valence-electron chi connectivity index (χ4n) is 3.81. The Morgan fingerprint density at radius 2 is 1.90 bits per heavy atom. The van der Waals surface area contributed by atoms with E-state index in [1.54, 1.807) is 12.4 Å². The molecule has 31 heavy (non-hydrogen) atoms. The van der Waals surface area contributed by atoms with Crippen LogP contribution in [0.1, 0.15) is 24.0 Å². The van der Waals surface area contributed by atoms with Gasteiger partial charge in [-0.15, -0.1) is 0 Å². The molecule has 1 aliphatic heterocycles. The summed E-state index contributed by atoms with van der Waals surface area (Å²) in [5.74, 6) is -0.400. The number of benzene rings is 1. The average molecular weight is 419 g/mol. The summed E-state index contributed by atoms with van der Waals surface area (Å²) in [6.07, 6.45) is 7.11. The van der Waals surface area contributed by atoms with Crippen molar-refractivity contribution in [3.8, 4) is 0 Å². The second-order valence-electron chi connectivity index (χ2n) is 7.60. The topological polar surface area (TPSA) is 107 Å². The number of hydrogen-bond acceptors (Lipinski definition) is 4. The van der Waals surface area contributed by atoms with E-state index in [-0.39, 0.29) is 24.7 Å². The molecule has 0 unspecified atom stereocenters. The summed E-state index contributed by atoms with van der Waals surface area (Å²) in [6, 6.07) is 10.7. The Morgan fingerprint density at radius 1 is 1.10 bits per heavy atom. The molecule has 0 aliphatic carbocycles. The molecule has 1 saturated heterocycles. The number of aromatic amines is 1. The van der Waals surface area contributed by atoms with Crippen LogP contribution >= 0.6 is 0 Å². The predicted molar refractivity (Wildman–Crippen MR) is 116 cm³/mol. The number of imide groups is 1. The molecular formula is C23H25N5O3. The van der Waals surface area contributed by atoms with Gasteiger partial charge in [-0.25, -0.2) is 4.79 Å². The number of nitrogens with zero attached hydrogens (tertiary/aromatic N) is 2. The maximum atomic E-state index is 12.6. The number of aromatic nitrogens is 2. The Labute approximate surface area is 180 Å². The number of amides is 4. The minimum atomic E-state index is -0.651. The first-order valence-electron chi connectivity index (χ1n) is 10.4. The number of para-hydroxylation sites is 1. The molecule has 4 amide bonds. The Morgan fingerprint density at radius 3 is 2.74 bits per heavy atom. The van der Waals surface area contributed by atoms with Crippen molar-refractivity contribution < 1.29 is 14.4 Å². The van der Waals surface area contributed by atoms with Gasteiger partial charge in [-0.05, 0) is 48.6 Å². The second-order valence-corrected chi connectivity index (χ2v) is 7.60. The number of carbonyl (C=O) groups is 3. The molecule has 3 N–H and O–H groups in total. The number of rotatable bonds is 9. The molecule has 8 nitrogen and oxygen atoms in total. The largest absolute Gasteiger partial charge is 0.361 e. The van der Waals surface area contributed by atoms with Gasteiger partial charge < -0.3 is 15.6 Å². The zero-order chi connectivity index (χ0) is 21.6. The molecule has 1 fully saturated rings. The summed E-state index contributed by atoms with van der Waals surface area (Å²) in [7, 11) is 0. The van der Waals surface area contributed by atoms with Crippen molar-refractivity contribution in [1.29, 1.82) is 0 Å². The van der Waals surface area contributed by atoms with E-state index in [1.165, 1.54) is 4.90 Å². The van der Waals surface area contributed by atoms with E-state index >= 15 is 0 Å². The van der Waals surface area contributed by atoms with Crippen LogP contribution in [0.5, 0.6) is 0 Å². The third-order valence-corrected chi connectivity index (χ3v) is 5.53. The van der Waals surface area contributed by atoms with Crippen molar-refractivity contribution in [3.63, 3.8) is 0 Å². The van der Waals surface area contributed by atoms with Crippen LogP contribution in [0.2, 0.25) is 0 Å². The molecule has 0 spiro atoms. The zero-order valence-corrected chi connectivity index (χ0v) is 17.1.